The average Bonchev–Trinajstić information content (AvgIpc) is 4.15. The van der Waals surface area contributed by atoms with E-state index in [9.17, 15) is 20.1 Å². The van der Waals surface area contributed by atoms with Crippen LogP contribution in [0.3, 0.4) is 0 Å². The van der Waals surface area contributed by atoms with Crippen molar-refractivity contribution in [1.29, 1.82) is 0 Å². The van der Waals surface area contributed by atoms with Crippen molar-refractivity contribution < 1.29 is 34.4 Å². The summed E-state index contributed by atoms with van der Waals surface area (Å²) in [4.78, 5) is 29.6. The van der Waals surface area contributed by atoms with Gasteiger partial charge in [0.05, 0.1) is 34.1 Å². The molecule has 9 heteroatoms. The van der Waals surface area contributed by atoms with Crippen LogP contribution in [0.15, 0.2) is 72.3 Å². The monoisotopic (exact) mass is 1060 g/mol. The zero-order valence-corrected chi connectivity index (χ0v) is 47.5. The van der Waals surface area contributed by atoms with Crippen LogP contribution in [-0.2, 0) is 30.9 Å². The number of esters is 2. The second-order valence-electron chi connectivity index (χ2n) is 27.1. The topological polar surface area (TPSA) is 113 Å². The Hall–Kier alpha value is -2.74. The van der Waals surface area contributed by atoms with Crippen LogP contribution >= 0.6 is 21.6 Å². The summed E-state index contributed by atoms with van der Waals surface area (Å²) >= 11 is 0. The van der Waals surface area contributed by atoms with Crippen LogP contribution in [0.2, 0.25) is 0 Å². The van der Waals surface area contributed by atoms with Crippen LogP contribution in [0.1, 0.15) is 192 Å². The lowest BCUT2D eigenvalue weighted by atomic mass is 9.35. The van der Waals surface area contributed by atoms with Crippen molar-refractivity contribution in [3.8, 4) is 11.8 Å². The predicted molar refractivity (Wildman–Crippen MR) is 302 cm³/mol. The third-order valence-corrected chi connectivity index (χ3v) is 25.8. The average molecular weight is 1060 g/mol. The lowest BCUT2D eigenvalue weighted by Gasteiger charge is -2.72. The number of hydrogen-bond acceptors (Lipinski definition) is 9. The molecule has 3 heterocycles. The highest BCUT2D eigenvalue weighted by molar-refractivity contribution is 8.76. The lowest BCUT2D eigenvalue weighted by Crippen LogP contribution is -2.79. The Morgan fingerprint density at radius 2 is 1.40 bits per heavy atom. The van der Waals surface area contributed by atoms with Gasteiger partial charge in [-0.25, -0.2) is 4.79 Å². The van der Waals surface area contributed by atoms with Gasteiger partial charge in [-0.15, -0.1) is 5.92 Å². The number of rotatable bonds is 8. The quantitative estimate of drug-likeness (QED) is 0.135. The largest absolute Gasteiger partial charge is 0.462 e. The first-order valence-electron chi connectivity index (χ1n) is 30.2. The van der Waals surface area contributed by atoms with Crippen molar-refractivity contribution in [2.24, 2.45) is 62.6 Å². The first-order valence-corrected chi connectivity index (χ1v) is 32.7. The molecule has 3 N–H and O–H groups in total. The molecule has 9 aliphatic rings. The standard InChI is InChI=1S/C66H90O7S2/c1-46-25-26-55(67)66-56(68)28-35-61(3,50-21-10-5-11-22-50)58(66)53-42-60(2,65(66,71)36-27-48-39-57(69)72-43-48)29-18-34-64(59(70)73-53)41-52(63(32-14-7-15-33-63)51-23-12-6-13-24-51)40-62(30-16-17-31-62)54(64)45-75-74-44-49(37-46)38-47-19-8-4-9-20-47/h4,6,8-9,12-13,19-20,23-24,39,46,49-50,52-56,58,67-68,71H,5,7,10-11,14-17,21-22,25-28,30-38,40-45H2,1-3H3/t46-,49-,52+,53+,54+,55+,56-,58-,60-,61-,64+,65+,66-/m0/s1. The van der Waals surface area contributed by atoms with Gasteiger partial charge < -0.3 is 24.8 Å². The van der Waals surface area contributed by atoms with Gasteiger partial charge in [0.15, 0.2) is 0 Å². The van der Waals surface area contributed by atoms with E-state index in [-0.39, 0.29) is 59.5 Å². The number of carbonyl (C=O) groups excluding carboxylic acids is 2. The van der Waals surface area contributed by atoms with E-state index < -0.39 is 51.5 Å². The van der Waals surface area contributed by atoms with Gasteiger partial charge in [-0.2, -0.15) is 0 Å². The summed E-state index contributed by atoms with van der Waals surface area (Å²) in [7, 11) is 4.02. The molecule has 0 unspecified atom stereocenters. The van der Waals surface area contributed by atoms with Gasteiger partial charge in [0.1, 0.15) is 12.7 Å². The van der Waals surface area contributed by atoms with Crippen molar-refractivity contribution >= 4 is 33.5 Å². The fraction of sp³-hybridized carbons (Fsp3) is 0.727. The van der Waals surface area contributed by atoms with Gasteiger partial charge in [0.25, 0.3) is 0 Å². The molecule has 6 aliphatic carbocycles. The van der Waals surface area contributed by atoms with Gasteiger partial charge in [-0.1, -0.05) is 153 Å². The van der Waals surface area contributed by atoms with E-state index in [1.165, 1.54) is 49.7 Å². The molecule has 4 bridgehead atoms. The Bertz CT molecular complexity index is 2430. The summed E-state index contributed by atoms with van der Waals surface area (Å²) < 4.78 is 13.2. The van der Waals surface area contributed by atoms with Gasteiger partial charge in [-0.05, 0) is 172 Å². The molecular formula is C66H90O7S2. The summed E-state index contributed by atoms with van der Waals surface area (Å²) in [6.45, 7) is 7.01. The molecule has 13 atom stereocenters. The van der Waals surface area contributed by atoms with Crippen LogP contribution in [0.5, 0.6) is 0 Å². The Balaban J connectivity index is 1.12. The zero-order chi connectivity index (χ0) is 52.1. The number of fused-ring (bicyclic) bond motifs is 3. The molecule has 0 amide bonds. The normalized spacial score (nSPS) is 41.2. The highest BCUT2D eigenvalue weighted by Crippen LogP contribution is 2.73. The van der Waals surface area contributed by atoms with Crippen molar-refractivity contribution in [2.75, 3.05) is 18.1 Å². The molecule has 0 aromatic heterocycles. The van der Waals surface area contributed by atoms with Crippen molar-refractivity contribution in [3.63, 3.8) is 0 Å². The van der Waals surface area contributed by atoms with Crippen LogP contribution in [-0.4, -0.2) is 69.3 Å². The third-order valence-electron chi connectivity index (χ3n) is 23.2. The van der Waals surface area contributed by atoms with E-state index in [1.54, 1.807) is 6.08 Å². The van der Waals surface area contributed by atoms with E-state index in [0.717, 1.165) is 107 Å². The highest BCUT2D eigenvalue weighted by Gasteiger charge is 2.78. The van der Waals surface area contributed by atoms with Crippen LogP contribution in [0.25, 0.3) is 0 Å². The summed E-state index contributed by atoms with van der Waals surface area (Å²) in [6, 6.07) is 22.3. The number of carbonyl (C=O) groups is 2. The fourth-order valence-corrected chi connectivity index (χ4v) is 22.7. The number of aliphatic hydroxyl groups is 3. The smallest absolute Gasteiger partial charge is 0.331 e. The molecule has 7 fully saturated rings. The molecular weight excluding hydrogens is 969 g/mol. The number of ether oxygens (including phenoxy) is 2. The van der Waals surface area contributed by atoms with E-state index in [4.69, 9.17) is 9.47 Å². The first-order chi connectivity index (χ1) is 36.2. The maximum Gasteiger partial charge on any atom is 0.331 e. The highest BCUT2D eigenvalue weighted by atomic mass is 33.1. The maximum atomic E-state index is 17.0. The van der Waals surface area contributed by atoms with Crippen molar-refractivity contribution in [2.45, 2.75) is 217 Å². The van der Waals surface area contributed by atoms with Crippen molar-refractivity contribution in [3.05, 3.63) is 83.4 Å². The van der Waals surface area contributed by atoms with Crippen LogP contribution < -0.4 is 0 Å². The molecule has 2 aromatic carbocycles. The molecule has 7 nitrogen and oxygen atoms in total. The minimum atomic E-state index is -1.72. The van der Waals surface area contributed by atoms with Gasteiger partial charge in [-0.3, -0.25) is 4.79 Å². The second kappa shape index (κ2) is 21.7. The minimum Gasteiger partial charge on any atom is -0.462 e. The number of hydrogen-bond donors (Lipinski definition) is 3. The van der Waals surface area contributed by atoms with Gasteiger partial charge in [0.2, 0.25) is 0 Å². The molecule has 2 aromatic rings. The lowest BCUT2D eigenvalue weighted by molar-refractivity contribution is -0.339. The Morgan fingerprint density at radius 3 is 2.12 bits per heavy atom. The second-order valence-corrected chi connectivity index (χ2v) is 29.6. The summed E-state index contributed by atoms with van der Waals surface area (Å²) in [5.74, 6) is 9.93. The zero-order valence-electron chi connectivity index (χ0n) is 45.8. The maximum absolute atomic E-state index is 17.0. The van der Waals surface area contributed by atoms with Crippen LogP contribution in [0.4, 0.5) is 0 Å². The van der Waals surface area contributed by atoms with Crippen molar-refractivity contribution in [1.82, 2.24) is 0 Å². The number of benzene rings is 2. The summed E-state index contributed by atoms with van der Waals surface area (Å²) in [6.07, 6.45) is 22.2. The van der Waals surface area contributed by atoms with E-state index in [1.807, 2.05) is 21.6 Å². The summed E-state index contributed by atoms with van der Waals surface area (Å²) in [5, 5.41) is 42.1. The Labute approximate surface area is 458 Å². The Morgan fingerprint density at radius 1 is 0.720 bits per heavy atom. The SMILES string of the molecule is C[C@H]1CC[C@@H](O)[C@]23[C@@H]([C@H]4C[C@](C)(C#CC[C@]5(C[C@H](C6(c7ccccc7)CCCCC6)CC6(CCCC6)[C@H]5CSSC[C@H](Cc5ccccc5)C1)C(=O)O4)[C@]2(O)CCC1=CC(=O)OC1)[C@](C)(C1CCCCC1)CC[C@@H]3O. The Kier molecular flexibility index (Phi) is 15.7. The first kappa shape index (κ1) is 54.2. The molecule has 6 saturated carbocycles. The fourth-order valence-electron chi connectivity index (χ4n) is 19.7. The van der Waals surface area contributed by atoms with Gasteiger partial charge in [0, 0.05) is 36.3 Å². The molecule has 1 saturated heterocycles. The molecule has 2 spiro atoms. The number of cyclic esters (lactones) is 1. The molecule has 11 rings (SSSR count). The number of aliphatic hydroxyl groups excluding tert-OH is 2. The van der Waals surface area contributed by atoms with E-state index in [2.05, 4.69) is 93.3 Å². The van der Waals surface area contributed by atoms with E-state index in [0.29, 0.717) is 38.0 Å². The molecule has 75 heavy (non-hydrogen) atoms. The van der Waals surface area contributed by atoms with Crippen LogP contribution in [0, 0.1) is 74.4 Å². The van der Waals surface area contributed by atoms with E-state index >= 15 is 4.79 Å². The summed E-state index contributed by atoms with van der Waals surface area (Å²) in [5.41, 5.74) is -2.24. The predicted octanol–water partition coefficient (Wildman–Crippen LogP) is 13.9. The van der Waals surface area contributed by atoms with Gasteiger partial charge >= 0.3 is 11.9 Å². The molecule has 408 valence electrons. The third kappa shape index (κ3) is 9.44. The minimum absolute atomic E-state index is 0.0445. The molecule has 0 radical (unpaired) electrons. The molecule has 3 aliphatic heterocycles.